The summed E-state index contributed by atoms with van der Waals surface area (Å²) in [5.74, 6) is -3.50. The zero-order valence-electron chi connectivity index (χ0n) is 15.1. The minimum absolute atomic E-state index is 0.179. The molecule has 0 saturated carbocycles. The minimum atomic E-state index is -5.00. The Morgan fingerprint density at radius 2 is 1.61 bits per heavy atom. The zero-order valence-corrected chi connectivity index (χ0v) is 15.1. The molecule has 0 saturated heterocycles. The van der Waals surface area contributed by atoms with Crippen LogP contribution in [-0.2, 0) is 12.8 Å². The summed E-state index contributed by atoms with van der Waals surface area (Å²) in [4.78, 5) is 0. The number of ether oxygens (including phenoxy) is 1. The van der Waals surface area contributed by atoms with Gasteiger partial charge in [-0.15, -0.1) is 13.2 Å². The number of aryl methyl sites for hydroxylation is 2. The van der Waals surface area contributed by atoms with Crippen molar-refractivity contribution in [3.63, 3.8) is 0 Å². The predicted octanol–water partition coefficient (Wildman–Crippen LogP) is 6.83. The lowest BCUT2D eigenvalue weighted by Gasteiger charge is -2.20. The quantitative estimate of drug-likeness (QED) is 0.500. The molecule has 0 aromatic heterocycles. The standard InChI is InChI=1S/C21H18F6O/c1-2-3-4-12-7-17(23)20(18(24)8-12)14-6-5-13-11-19(28-21(25,26)27)16(22)10-15(13)9-14/h7-11H,2-6H2,1H3. The molecule has 7 heteroatoms. The van der Waals surface area contributed by atoms with E-state index in [4.69, 9.17) is 0 Å². The van der Waals surface area contributed by atoms with Crippen LogP contribution in [-0.4, -0.2) is 6.36 Å². The molecular formula is C21H18F6O. The van der Waals surface area contributed by atoms with E-state index in [2.05, 4.69) is 4.74 Å². The highest BCUT2D eigenvalue weighted by atomic mass is 19.4. The molecule has 0 amide bonds. The van der Waals surface area contributed by atoms with Gasteiger partial charge in [-0.2, -0.15) is 0 Å². The van der Waals surface area contributed by atoms with Crippen LogP contribution in [0, 0.1) is 17.5 Å². The third kappa shape index (κ3) is 4.51. The van der Waals surface area contributed by atoms with Crippen LogP contribution in [0.5, 0.6) is 5.75 Å². The highest BCUT2D eigenvalue weighted by Gasteiger charge is 2.33. The lowest BCUT2D eigenvalue weighted by atomic mass is 9.87. The third-order valence-corrected chi connectivity index (χ3v) is 4.65. The fourth-order valence-electron chi connectivity index (χ4n) is 3.35. The minimum Gasteiger partial charge on any atom is -0.403 e. The summed E-state index contributed by atoms with van der Waals surface area (Å²) in [6, 6.07) is 4.46. The van der Waals surface area contributed by atoms with E-state index >= 15 is 0 Å². The van der Waals surface area contributed by atoms with Crippen molar-refractivity contribution in [2.24, 2.45) is 0 Å². The molecule has 3 rings (SSSR count). The van der Waals surface area contributed by atoms with E-state index in [0.717, 1.165) is 25.0 Å². The molecule has 28 heavy (non-hydrogen) atoms. The molecule has 1 aliphatic rings. The lowest BCUT2D eigenvalue weighted by molar-refractivity contribution is -0.275. The summed E-state index contributed by atoms with van der Waals surface area (Å²) < 4.78 is 83.8. The van der Waals surface area contributed by atoms with Crippen LogP contribution in [0.4, 0.5) is 26.3 Å². The average Bonchev–Trinajstić information content (AvgIpc) is 2.59. The Bertz CT molecular complexity index is 891. The van der Waals surface area contributed by atoms with Crippen LogP contribution in [0.3, 0.4) is 0 Å². The van der Waals surface area contributed by atoms with E-state index in [0.29, 0.717) is 23.1 Å². The number of hydrogen-bond acceptors (Lipinski definition) is 1. The van der Waals surface area contributed by atoms with Crippen molar-refractivity contribution < 1.29 is 31.1 Å². The summed E-state index contributed by atoms with van der Waals surface area (Å²) >= 11 is 0. The Hall–Kier alpha value is -2.44. The van der Waals surface area contributed by atoms with E-state index < -0.39 is 29.6 Å². The predicted molar refractivity (Wildman–Crippen MR) is 94.2 cm³/mol. The fourth-order valence-corrected chi connectivity index (χ4v) is 3.35. The van der Waals surface area contributed by atoms with Gasteiger partial charge in [0, 0.05) is 5.56 Å². The first-order chi connectivity index (χ1) is 13.2. The van der Waals surface area contributed by atoms with Gasteiger partial charge in [-0.05, 0) is 72.2 Å². The molecule has 0 fully saturated rings. The SMILES string of the molecule is CCCCc1cc(F)c(C2=Cc3cc(F)c(OC(F)(F)F)cc3CC2)c(F)c1. The number of hydrogen-bond donors (Lipinski definition) is 0. The second-order valence-electron chi connectivity index (χ2n) is 6.74. The van der Waals surface area contributed by atoms with E-state index in [9.17, 15) is 26.3 Å². The van der Waals surface area contributed by atoms with Crippen LogP contribution >= 0.6 is 0 Å². The fraction of sp³-hybridized carbons (Fsp3) is 0.333. The van der Waals surface area contributed by atoms with Gasteiger partial charge in [-0.3, -0.25) is 0 Å². The Labute approximate surface area is 158 Å². The van der Waals surface area contributed by atoms with Gasteiger partial charge in [0.05, 0.1) is 0 Å². The molecule has 2 aromatic rings. The van der Waals surface area contributed by atoms with Crippen LogP contribution in [0.15, 0.2) is 24.3 Å². The van der Waals surface area contributed by atoms with Gasteiger partial charge in [0.1, 0.15) is 11.6 Å². The van der Waals surface area contributed by atoms with Crippen molar-refractivity contribution in [3.8, 4) is 5.75 Å². The Morgan fingerprint density at radius 1 is 0.929 bits per heavy atom. The number of fused-ring (bicyclic) bond motifs is 1. The van der Waals surface area contributed by atoms with Crippen molar-refractivity contribution in [1.82, 2.24) is 0 Å². The number of halogens is 6. The van der Waals surface area contributed by atoms with E-state index in [-0.39, 0.29) is 24.0 Å². The highest BCUT2D eigenvalue weighted by molar-refractivity contribution is 5.85. The molecule has 0 heterocycles. The monoisotopic (exact) mass is 400 g/mol. The first-order valence-electron chi connectivity index (χ1n) is 8.95. The molecule has 2 aromatic carbocycles. The van der Waals surface area contributed by atoms with Crippen molar-refractivity contribution in [2.75, 3.05) is 0 Å². The smallest absolute Gasteiger partial charge is 0.403 e. The summed E-state index contributed by atoms with van der Waals surface area (Å²) in [6.07, 6.45) is -0.879. The normalized spacial score (nSPS) is 13.9. The van der Waals surface area contributed by atoms with Crippen LogP contribution in [0.25, 0.3) is 11.6 Å². The highest BCUT2D eigenvalue weighted by Crippen LogP contribution is 2.37. The molecule has 0 N–H and O–H groups in total. The number of alkyl halides is 3. The van der Waals surface area contributed by atoms with E-state index in [1.807, 2.05) is 6.92 Å². The topological polar surface area (TPSA) is 9.23 Å². The first-order valence-corrected chi connectivity index (χ1v) is 8.95. The van der Waals surface area contributed by atoms with Gasteiger partial charge in [-0.1, -0.05) is 19.4 Å². The van der Waals surface area contributed by atoms with Crippen molar-refractivity contribution in [2.45, 2.75) is 45.4 Å². The Kier molecular flexibility index (Phi) is 5.72. The third-order valence-electron chi connectivity index (χ3n) is 4.65. The maximum Gasteiger partial charge on any atom is 0.573 e. The summed E-state index contributed by atoms with van der Waals surface area (Å²) in [7, 11) is 0. The Morgan fingerprint density at radius 3 is 2.21 bits per heavy atom. The number of allylic oxidation sites excluding steroid dienone is 1. The lowest BCUT2D eigenvalue weighted by Crippen LogP contribution is -2.18. The second-order valence-corrected chi connectivity index (χ2v) is 6.74. The molecule has 0 spiro atoms. The summed E-state index contributed by atoms with van der Waals surface area (Å²) in [5, 5.41) is 0. The van der Waals surface area contributed by atoms with Crippen molar-refractivity contribution in [3.05, 3.63) is 64.0 Å². The van der Waals surface area contributed by atoms with Gasteiger partial charge < -0.3 is 4.74 Å². The van der Waals surface area contributed by atoms with Gasteiger partial charge in [-0.25, -0.2) is 13.2 Å². The van der Waals surface area contributed by atoms with Crippen molar-refractivity contribution in [1.29, 1.82) is 0 Å². The maximum absolute atomic E-state index is 14.5. The van der Waals surface area contributed by atoms with Gasteiger partial charge in [0.15, 0.2) is 11.6 Å². The second kappa shape index (κ2) is 7.89. The average molecular weight is 400 g/mol. The molecular weight excluding hydrogens is 382 g/mol. The zero-order chi connectivity index (χ0) is 20.5. The Balaban J connectivity index is 1.95. The summed E-state index contributed by atoms with van der Waals surface area (Å²) in [5.41, 5.74) is 1.43. The van der Waals surface area contributed by atoms with Crippen molar-refractivity contribution >= 4 is 11.6 Å². The molecule has 1 nitrogen and oxygen atoms in total. The molecule has 0 bridgehead atoms. The summed E-state index contributed by atoms with van der Waals surface area (Å²) in [6.45, 7) is 1.98. The van der Waals surface area contributed by atoms with Crippen LogP contribution < -0.4 is 4.74 Å². The van der Waals surface area contributed by atoms with Gasteiger partial charge in [0.2, 0.25) is 0 Å². The van der Waals surface area contributed by atoms with Crippen LogP contribution in [0.1, 0.15) is 48.4 Å². The van der Waals surface area contributed by atoms with E-state index in [1.54, 1.807) is 0 Å². The number of rotatable bonds is 5. The molecule has 0 atom stereocenters. The largest absolute Gasteiger partial charge is 0.573 e. The first kappa shape index (κ1) is 20.3. The van der Waals surface area contributed by atoms with Gasteiger partial charge in [0.25, 0.3) is 0 Å². The van der Waals surface area contributed by atoms with Gasteiger partial charge >= 0.3 is 6.36 Å². The molecule has 150 valence electrons. The molecule has 0 aliphatic heterocycles. The number of benzene rings is 2. The number of unbranched alkanes of at least 4 members (excludes halogenated alkanes) is 1. The molecule has 0 unspecified atom stereocenters. The van der Waals surface area contributed by atoms with E-state index in [1.165, 1.54) is 18.2 Å². The molecule has 0 radical (unpaired) electrons. The maximum atomic E-state index is 14.5. The van der Waals surface area contributed by atoms with Crippen LogP contribution in [0.2, 0.25) is 0 Å². The molecule has 1 aliphatic carbocycles.